The topological polar surface area (TPSA) is 38.8 Å². The predicted molar refractivity (Wildman–Crippen MR) is 70.7 cm³/mol. The van der Waals surface area contributed by atoms with Crippen LogP contribution in [-0.4, -0.2) is 38.7 Å². The summed E-state index contributed by atoms with van der Waals surface area (Å²) in [5, 5.41) is 0. The second-order valence-electron chi connectivity index (χ2n) is 4.23. The molecular weight excluding hydrogens is 230 g/mol. The number of nitrogens with zero attached hydrogens (tertiary/aromatic N) is 1. The quantitative estimate of drug-likeness (QED) is 0.727. The van der Waals surface area contributed by atoms with E-state index in [-0.39, 0.29) is 12.0 Å². The molecule has 1 unspecified atom stereocenters. The second kappa shape index (κ2) is 7.01. The second-order valence-corrected chi connectivity index (χ2v) is 4.23. The molecule has 0 radical (unpaired) electrons. The molecule has 1 aromatic rings. The molecule has 1 rings (SSSR count). The van der Waals surface area contributed by atoms with E-state index in [1.165, 1.54) is 0 Å². The van der Waals surface area contributed by atoms with Crippen molar-refractivity contribution in [2.45, 2.75) is 19.4 Å². The van der Waals surface area contributed by atoms with Crippen molar-refractivity contribution in [3.05, 3.63) is 29.8 Å². The third kappa shape index (κ3) is 3.74. The number of hydrogen-bond acceptors (Lipinski definition) is 4. The normalized spacial score (nSPS) is 12.3. The van der Waals surface area contributed by atoms with Crippen LogP contribution in [0.3, 0.4) is 0 Å². The Labute approximate surface area is 108 Å². The smallest absolute Gasteiger partial charge is 0.307 e. The van der Waals surface area contributed by atoms with Crippen LogP contribution in [-0.2, 0) is 9.53 Å². The maximum atomic E-state index is 11.6. The zero-order valence-corrected chi connectivity index (χ0v) is 11.5. The van der Waals surface area contributed by atoms with E-state index in [1.54, 1.807) is 7.11 Å². The van der Waals surface area contributed by atoms with Crippen molar-refractivity contribution in [3.8, 4) is 5.75 Å². The van der Waals surface area contributed by atoms with Crippen LogP contribution in [0.25, 0.3) is 0 Å². The number of hydrogen-bond donors (Lipinski definition) is 0. The fourth-order valence-corrected chi connectivity index (χ4v) is 1.89. The van der Waals surface area contributed by atoms with E-state index >= 15 is 0 Å². The highest BCUT2D eigenvalue weighted by Gasteiger charge is 2.21. The summed E-state index contributed by atoms with van der Waals surface area (Å²) in [5.74, 6) is 0.600. The van der Waals surface area contributed by atoms with Gasteiger partial charge in [0.15, 0.2) is 0 Å². The molecule has 0 spiro atoms. The number of esters is 1. The monoisotopic (exact) mass is 251 g/mol. The molecular formula is C14H21NO3. The third-order valence-corrected chi connectivity index (χ3v) is 2.79. The highest BCUT2D eigenvalue weighted by Crippen LogP contribution is 2.30. The molecule has 1 atom stereocenters. The lowest BCUT2D eigenvalue weighted by Crippen LogP contribution is -2.24. The highest BCUT2D eigenvalue weighted by molar-refractivity contribution is 5.70. The zero-order valence-electron chi connectivity index (χ0n) is 11.5. The van der Waals surface area contributed by atoms with E-state index in [1.807, 2.05) is 50.2 Å². The number of para-hydroxylation sites is 1. The van der Waals surface area contributed by atoms with Crippen molar-refractivity contribution in [1.29, 1.82) is 0 Å². The van der Waals surface area contributed by atoms with Gasteiger partial charge in [-0.15, -0.1) is 0 Å². The fourth-order valence-electron chi connectivity index (χ4n) is 1.89. The molecule has 0 saturated heterocycles. The van der Waals surface area contributed by atoms with Crippen LogP contribution in [0.1, 0.15) is 24.9 Å². The minimum absolute atomic E-state index is 0.0415. The van der Waals surface area contributed by atoms with Gasteiger partial charge in [-0.3, -0.25) is 4.79 Å². The van der Waals surface area contributed by atoms with Crippen LogP contribution in [0.4, 0.5) is 0 Å². The first-order valence-corrected chi connectivity index (χ1v) is 6.05. The average Bonchev–Trinajstić information content (AvgIpc) is 2.36. The average molecular weight is 251 g/mol. The summed E-state index contributed by atoms with van der Waals surface area (Å²) in [4.78, 5) is 13.6. The summed E-state index contributed by atoms with van der Waals surface area (Å²) in [6.45, 7) is 2.22. The van der Waals surface area contributed by atoms with Gasteiger partial charge in [0.05, 0.1) is 20.1 Å². The largest absolute Gasteiger partial charge is 0.496 e. The molecule has 0 aliphatic heterocycles. The summed E-state index contributed by atoms with van der Waals surface area (Å²) in [7, 11) is 5.52. The Morgan fingerprint density at radius 2 is 2.00 bits per heavy atom. The summed E-state index contributed by atoms with van der Waals surface area (Å²) in [6, 6.07) is 7.69. The van der Waals surface area contributed by atoms with E-state index < -0.39 is 0 Å². The molecule has 100 valence electrons. The minimum atomic E-state index is -0.192. The van der Waals surface area contributed by atoms with Gasteiger partial charge in [0.2, 0.25) is 0 Å². The van der Waals surface area contributed by atoms with Gasteiger partial charge in [-0.2, -0.15) is 0 Å². The molecule has 0 aliphatic carbocycles. The van der Waals surface area contributed by atoms with Gasteiger partial charge in [0.25, 0.3) is 0 Å². The Kier molecular flexibility index (Phi) is 5.65. The fraction of sp³-hybridized carbons (Fsp3) is 0.500. The van der Waals surface area contributed by atoms with Gasteiger partial charge in [-0.25, -0.2) is 0 Å². The van der Waals surface area contributed by atoms with Crippen molar-refractivity contribution in [3.63, 3.8) is 0 Å². The van der Waals surface area contributed by atoms with Gasteiger partial charge in [0, 0.05) is 11.6 Å². The Balaban J connectivity index is 2.94. The van der Waals surface area contributed by atoms with Crippen molar-refractivity contribution in [1.82, 2.24) is 4.90 Å². The van der Waals surface area contributed by atoms with Crippen molar-refractivity contribution in [2.75, 3.05) is 27.8 Å². The molecule has 4 nitrogen and oxygen atoms in total. The Morgan fingerprint density at radius 3 is 2.56 bits per heavy atom. The number of benzene rings is 1. The Bertz CT molecular complexity index is 390. The van der Waals surface area contributed by atoms with E-state index in [0.717, 1.165) is 11.3 Å². The first kappa shape index (κ1) is 14.5. The summed E-state index contributed by atoms with van der Waals surface area (Å²) in [6.07, 6.45) is 0.321. The molecule has 18 heavy (non-hydrogen) atoms. The molecule has 0 aliphatic rings. The lowest BCUT2D eigenvalue weighted by atomic mass is 10.0. The van der Waals surface area contributed by atoms with E-state index in [0.29, 0.717) is 13.0 Å². The van der Waals surface area contributed by atoms with Crippen LogP contribution in [0.5, 0.6) is 5.75 Å². The zero-order chi connectivity index (χ0) is 13.5. The number of ether oxygens (including phenoxy) is 2. The van der Waals surface area contributed by atoms with Gasteiger partial charge in [-0.1, -0.05) is 18.2 Å². The minimum Gasteiger partial charge on any atom is -0.496 e. The maximum absolute atomic E-state index is 11.6. The highest BCUT2D eigenvalue weighted by atomic mass is 16.5. The van der Waals surface area contributed by atoms with Crippen molar-refractivity contribution in [2.24, 2.45) is 0 Å². The lowest BCUT2D eigenvalue weighted by Gasteiger charge is -2.25. The summed E-state index contributed by atoms with van der Waals surface area (Å²) in [5.41, 5.74) is 0.998. The first-order chi connectivity index (χ1) is 8.60. The molecule has 0 saturated carbocycles. The maximum Gasteiger partial charge on any atom is 0.307 e. The molecule has 0 amide bonds. The molecule has 0 aromatic heterocycles. The number of methoxy groups -OCH3 is 1. The van der Waals surface area contributed by atoms with Crippen LogP contribution < -0.4 is 4.74 Å². The van der Waals surface area contributed by atoms with Crippen LogP contribution in [0.2, 0.25) is 0 Å². The number of rotatable bonds is 6. The van der Waals surface area contributed by atoms with Gasteiger partial charge in [0.1, 0.15) is 5.75 Å². The summed E-state index contributed by atoms with van der Waals surface area (Å²) < 4.78 is 10.4. The van der Waals surface area contributed by atoms with Gasteiger partial charge in [-0.05, 0) is 27.1 Å². The van der Waals surface area contributed by atoms with E-state index in [4.69, 9.17) is 9.47 Å². The molecule has 4 heteroatoms. The molecule has 0 bridgehead atoms. The lowest BCUT2D eigenvalue weighted by molar-refractivity contribution is -0.144. The van der Waals surface area contributed by atoms with Gasteiger partial charge < -0.3 is 14.4 Å². The summed E-state index contributed by atoms with van der Waals surface area (Å²) >= 11 is 0. The number of carbonyl (C=O) groups is 1. The molecule has 0 heterocycles. The molecule has 0 fully saturated rings. The Morgan fingerprint density at radius 1 is 1.33 bits per heavy atom. The molecule has 1 aromatic carbocycles. The van der Waals surface area contributed by atoms with Crippen molar-refractivity contribution >= 4 is 5.97 Å². The SMILES string of the molecule is CCOC(=O)CC(c1ccccc1OC)N(C)C. The van der Waals surface area contributed by atoms with Crippen LogP contribution >= 0.6 is 0 Å². The third-order valence-electron chi connectivity index (χ3n) is 2.79. The van der Waals surface area contributed by atoms with E-state index in [9.17, 15) is 4.79 Å². The molecule has 0 N–H and O–H groups in total. The van der Waals surface area contributed by atoms with E-state index in [2.05, 4.69) is 0 Å². The first-order valence-electron chi connectivity index (χ1n) is 6.05. The predicted octanol–water partition coefficient (Wildman–Crippen LogP) is 2.25. The van der Waals surface area contributed by atoms with Crippen LogP contribution in [0.15, 0.2) is 24.3 Å². The standard InChI is InChI=1S/C14H21NO3/c1-5-18-14(16)10-12(15(2)3)11-8-6-7-9-13(11)17-4/h6-9,12H,5,10H2,1-4H3. The van der Waals surface area contributed by atoms with Crippen molar-refractivity contribution < 1.29 is 14.3 Å². The Hall–Kier alpha value is -1.55. The number of carbonyl (C=O) groups excluding carboxylic acids is 1. The van der Waals surface area contributed by atoms with Crippen LogP contribution in [0, 0.1) is 0 Å². The van der Waals surface area contributed by atoms with Gasteiger partial charge >= 0.3 is 5.97 Å².